The fourth-order valence-corrected chi connectivity index (χ4v) is 5.24. The van der Waals surface area contributed by atoms with Crippen LogP contribution < -0.4 is 9.64 Å². The maximum Gasteiger partial charge on any atom is 0.119 e. The second-order valence-corrected chi connectivity index (χ2v) is 10.1. The van der Waals surface area contributed by atoms with E-state index in [9.17, 15) is 0 Å². The van der Waals surface area contributed by atoms with Gasteiger partial charge >= 0.3 is 0 Å². The van der Waals surface area contributed by atoms with Crippen LogP contribution in [0.2, 0.25) is 0 Å². The molecule has 1 saturated heterocycles. The predicted octanol–water partition coefficient (Wildman–Crippen LogP) is 5.97. The highest BCUT2D eigenvalue weighted by Crippen LogP contribution is 2.35. The lowest BCUT2D eigenvalue weighted by Gasteiger charge is -2.34. The number of hydrogen-bond donors (Lipinski definition) is 0. The Morgan fingerprint density at radius 1 is 0.750 bits per heavy atom. The molecule has 3 heterocycles. The fraction of sp³-hybridized carbons (Fsp3) is 0.355. The normalized spacial score (nSPS) is 17.0. The molecule has 0 amide bonds. The molecule has 3 aromatic rings. The number of piperazine rings is 1. The number of aliphatic imine (C=N–C) groups is 2. The van der Waals surface area contributed by atoms with Crippen molar-refractivity contribution < 1.29 is 4.74 Å². The Morgan fingerprint density at radius 2 is 1.39 bits per heavy atom. The van der Waals surface area contributed by atoms with E-state index in [1.807, 2.05) is 0 Å². The average molecular weight is 479 g/mol. The van der Waals surface area contributed by atoms with Gasteiger partial charge in [0.15, 0.2) is 0 Å². The third-order valence-corrected chi connectivity index (χ3v) is 7.52. The minimum absolute atomic E-state index is 0.774. The minimum Gasteiger partial charge on any atom is -0.494 e. The Kier molecular flexibility index (Phi) is 6.32. The lowest BCUT2D eigenvalue weighted by molar-refractivity contribution is 0.309. The summed E-state index contributed by atoms with van der Waals surface area (Å²) in [4.78, 5) is 14.8. The zero-order chi connectivity index (χ0) is 24.5. The van der Waals surface area contributed by atoms with Gasteiger partial charge in [-0.25, -0.2) is 0 Å². The second-order valence-electron chi connectivity index (χ2n) is 10.1. The first-order chi connectivity index (χ1) is 17.7. The molecular weight excluding hydrogens is 444 g/mol. The molecule has 3 aliphatic heterocycles. The van der Waals surface area contributed by atoms with Crippen LogP contribution in [0, 0.1) is 0 Å². The van der Waals surface area contributed by atoms with Crippen molar-refractivity contribution in [1.29, 1.82) is 0 Å². The van der Waals surface area contributed by atoms with E-state index in [4.69, 9.17) is 14.7 Å². The van der Waals surface area contributed by atoms with Crippen LogP contribution in [0.5, 0.6) is 5.75 Å². The van der Waals surface area contributed by atoms with Gasteiger partial charge in [-0.3, -0.25) is 9.98 Å². The van der Waals surface area contributed by atoms with Gasteiger partial charge < -0.3 is 14.5 Å². The summed E-state index contributed by atoms with van der Waals surface area (Å²) in [7, 11) is 2.20. The first-order valence-corrected chi connectivity index (χ1v) is 13.2. The molecule has 5 nitrogen and oxygen atoms in total. The van der Waals surface area contributed by atoms with Crippen LogP contribution in [0.1, 0.15) is 42.0 Å². The monoisotopic (exact) mass is 478 g/mol. The molecule has 5 heteroatoms. The molecular formula is C31H34N4O. The molecule has 6 rings (SSSR count). The van der Waals surface area contributed by atoms with Crippen LogP contribution in [-0.4, -0.2) is 56.2 Å². The lowest BCUT2D eigenvalue weighted by atomic mass is 9.99. The number of rotatable bonds is 7. The van der Waals surface area contributed by atoms with Crippen molar-refractivity contribution in [2.24, 2.45) is 9.98 Å². The van der Waals surface area contributed by atoms with Gasteiger partial charge in [0.25, 0.3) is 0 Å². The molecule has 0 radical (unpaired) electrons. The Bertz CT molecular complexity index is 1320. The molecule has 0 spiro atoms. The van der Waals surface area contributed by atoms with Gasteiger partial charge in [-0.2, -0.15) is 0 Å². The molecule has 0 atom stereocenters. The molecule has 0 unspecified atom stereocenters. The smallest absolute Gasteiger partial charge is 0.119 e. The van der Waals surface area contributed by atoms with E-state index in [-0.39, 0.29) is 0 Å². The van der Waals surface area contributed by atoms with E-state index in [0.29, 0.717) is 0 Å². The van der Waals surface area contributed by atoms with Crippen LogP contribution in [0.15, 0.2) is 70.6 Å². The molecule has 1 fully saturated rings. The highest BCUT2D eigenvalue weighted by atomic mass is 16.5. The molecule has 184 valence electrons. The van der Waals surface area contributed by atoms with Gasteiger partial charge in [-0.05, 0) is 90.3 Å². The first kappa shape index (κ1) is 23.0. The number of fused-ring (bicyclic) bond motifs is 2. The number of anilines is 1. The largest absolute Gasteiger partial charge is 0.494 e. The van der Waals surface area contributed by atoms with E-state index in [1.165, 1.54) is 22.4 Å². The summed E-state index contributed by atoms with van der Waals surface area (Å²) in [5.41, 5.74) is 10.8. The zero-order valence-electron chi connectivity index (χ0n) is 21.3. The summed E-state index contributed by atoms with van der Waals surface area (Å²) in [6.45, 7) is 7.37. The number of hydrogen-bond acceptors (Lipinski definition) is 5. The summed E-state index contributed by atoms with van der Waals surface area (Å²) < 4.78 is 5.81. The zero-order valence-corrected chi connectivity index (χ0v) is 21.3. The second kappa shape index (κ2) is 9.90. The Labute approximate surface area is 214 Å². The molecule has 0 saturated carbocycles. The number of unbranched alkanes of at least 4 members (excludes halogenated alkanes) is 1. The van der Waals surface area contributed by atoms with Crippen molar-refractivity contribution >= 4 is 28.5 Å². The molecule has 0 bridgehead atoms. The quantitative estimate of drug-likeness (QED) is 0.393. The minimum atomic E-state index is 0.774. The summed E-state index contributed by atoms with van der Waals surface area (Å²) in [5.74, 6) is 0.931. The first-order valence-electron chi connectivity index (χ1n) is 13.2. The SMILES string of the molecule is CCCCOc1ccc(C2=Nc3ccc(C4=Nc5ccc(N6CCN(C)CC6)cc5C4)cc3C2)cc1. The average Bonchev–Trinajstić information content (AvgIpc) is 3.53. The molecule has 0 aliphatic carbocycles. The van der Waals surface area contributed by atoms with Gasteiger partial charge in [0.1, 0.15) is 5.75 Å². The molecule has 36 heavy (non-hydrogen) atoms. The number of benzene rings is 3. The summed E-state index contributed by atoms with van der Waals surface area (Å²) >= 11 is 0. The van der Waals surface area contributed by atoms with Crippen LogP contribution in [0.25, 0.3) is 0 Å². The predicted molar refractivity (Wildman–Crippen MR) is 149 cm³/mol. The van der Waals surface area contributed by atoms with E-state index in [0.717, 1.165) is 92.6 Å². The number of likely N-dealkylation sites (N-methyl/N-ethyl adjacent to an activating group) is 1. The lowest BCUT2D eigenvalue weighted by Crippen LogP contribution is -2.44. The summed E-state index contributed by atoms with van der Waals surface area (Å²) in [6.07, 6.45) is 3.97. The van der Waals surface area contributed by atoms with Crippen molar-refractivity contribution in [2.75, 3.05) is 44.7 Å². The maximum atomic E-state index is 5.81. The van der Waals surface area contributed by atoms with E-state index in [2.05, 4.69) is 84.4 Å². The standard InChI is InChI=1S/C31H34N4O/c1-3-4-17-36-27-9-5-22(6-10-27)30-20-24-18-23(7-11-28(24)32-30)31-21-25-19-26(8-12-29(25)33-31)35-15-13-34(2)14-16-35/h5-12,18-19H,3-4,13-17,20-21H2,1-2H3. The van der Waals surface area contributed by atoms with Gasteiger partial charge in [-0.15, -0.1) is 0 Å². The van der Waals surface area contributed by atoms with Crippen molar-refractivity contribution in [1.82, 2.24) is 4.90 Å². The van der Waals surface area contributed by atoms with Gasteiger partial charge in [0.2, 0.25) is 0 Å². The third-order valence-electron chi connectivity index (χ3n) is 7.52. The van der Waals surface area contributed by atoms with Crippen molar-refractivity contribution in [2.45, 2.75) is 32.6 Å². The van der Waals surface area contributed by atoms with Gasteiger partial charge in [-0.1, -0.05) is 19.4 Å². The van der Waals surface area contributed by atoms with E-state index < -0.39 is 0 Å². The molecule has 3 aliphatic rings. The third kappa shape index (κ3) is 4.68. The Balaban J connectivity index is 1.13. The highest BCUT2D eigenvalue weighted by Gasteiger charge is 2.22. The van der Waals surface area contributed by atoms with Crippen LogP contribution in [0.4, 0.5) is 17.1 Å². The van der Waals surface area contributed by atoms with Crippen LogP contribution in [0.3, 0.4) is 0 Å². The van der Waals surface area contributed by atoms with Crippen molar-refractivity contribution in [3.8, 4) is 5.75 Å². The molecule has 0 N–H and O–H groups in total. The van der Waals surface area contributed by atoms with Gasteiger partial charge in [0, 0.05) is 44.7 Å². The Morgan fingerprint density at radius 3 is 2.11 bits per heavy atom. The Hall–Kier alpha value is -3.44. The molecule has 3 aromatic carbocycles. The summed E-state index contributed by atoms with van der Waals surface area (Å²) in [5, 5.41) is 0. The highest BCUT2D eigenvalue weighted by molar-refractivity contribution is 6.09. The van der Waals surface area contributed by atoms with Crippen molar-refractivity contribution in [3.05, 3.63) is 82.9 Å². The van der Waals surface area contributed by atoms with Crippen LogP contribution >= 0.6 is 0 Å². The number of nitrogens with zero attached hydrogens (tertiary/aromatic N) is 4. The summed E-state index contributed by atoms with van der Waals surface area (Å²) in [6, 6.07) is 21.8. The van der Waals surface area contributed by atoms with E-state index >= 15 is 0 Å². The van der Waals surface area contributed by atoms with Crippen molar-refractivity contribution in [3.63, 3.8) is 0 Å². The van der Waals surface area contributed by atoms with E-state index in [1.54, 1.807) is 0 Å². The number of ether oxygens (including phenoxy) is 1. The van der Waals surface area contributed by atoms with Gasteiger partial charge in [0.05, 0.1) is 29.4 Å². The maximum absolute atomic E-state index is 5.81. The van der Waals surface area contributed by atoms with Crippen LogP contribution in [-0.2, 0) is 12.8 Å². The topological polar surface area (TPSA) is 40.4 Å². The molecule has 0 aromatic heterocycles. The fourth-order valence-electron chi connectivity index (χ4n) is 5.24.